The highest BCUT2D eigenvalue weighted by molar-refractivity contribution is 4.86. The van der Waals surface area contributed by atoms with Crippen LogP contribution >= 0.6 is 0 Å². The Bertz CT molecular complexity index is 401. The van der Waals surface area contributed by atoms with Crippen LogP contribution in [0.25, 0.3) is 0 Å². The zero-order valence-corrected chi connectivity index (χ0v) is 19.4. The van der Waals surface area contributed by atoms with Crippen LogP contribution in [0, 0.1) is 0 Å². The van der Waals surface area contributed by atoms with Crippen molar-refractivity contribution in [1.82, 2.24) is 0 Å². The van der Waals surface area contributed by atoms with Gasteiger partial charge in [-0.05, 0) is 32.1 Å². The Balaban J connectivity index is 1.78. The lowest BCUT2D eigenvalue weighted by Gasteiger charge is -2.35. The summed E-state index contributed by atoms with van der Waals surface area (Å²) in [6.07, 6.45) is 20.3. The molecular formula is C25H48O5. The molecule has 0 aromatic carbocycles. The predicted octanol–water partition coefficient (Wildman–Crippen LogP) is 4.91. The Morgan fingerprint density at radius 3 is 1.87 bits per heavy atom. The minimum atomic E-state index is -1.15. The average molecular weight is 429 g/mol. The summed E-state index contributed by atoms with van der Waals surface area (Å²) in [4.78, 5) is 0. The normalized spacial score (nSPS) is 24.7. The van der Waals surface area contributed by atoms with E-state index in [1.165, 1.54) is 83.5 Å². The van der Waals surface area contributed by atoms with E-state index < -0.39 is 24.4 Å². The molecule has 0 saturated carbocycles. The van der Waals surface area contributed by atoms with E-state index in [0.717, 1.165) is 12.8 Å². The van der Waals surface area contributed by atoms with E-state index in [0.29, 0.717) is 6.61 Å². The second kappa shape index (κ2) is 19.2. The van der Waals surface area contributed by atoms with E-state index in [1.54, 1.807) is 0 Å². The smallest absolute Gasteiger partial charge is 0.111 e. The minimum Gasteiger partial charge on any atom is -0.388 e. The van der Waals surface area contributed by atoms with Crippen molar-refractivity contribution in [2.24, 2.45) is 0 Å². The second-order valence-corrected chi connectivity index (χ2v) is 8.79. The van der Waals surface area contributed by atoms with Gasteiger partial charge in [-0.3, -0.25) is 0 Å². The van der Waals surface area contributed by atoms with E-state index in [9.17, 15) is 15.3 Å². The molecule has 4 atom stereocenters. The molecule has 30 heavy (non-hydrogen) atoms. The van der Waals surface area contributed by atoms with Crippen LogP contribution in [0.15, 0.2) is 12.2 Å². The van der Waals surface area contributed by atoms with Crippen molar-refractivity contribution in [2.75, 3.05) is 19.8 Å². The third-order valence-corrected chi connectivity index (χ3v) is 5.94. The van der Waals surface area contributed by atoms with Crippen molar-refractivity contribution in [3.05, 3.63) is 12.2 Å². The van der Waals surface area contributed by atoms with E-state index in [2.05, 4.69) is 19.1 Å². The van der Waals surface area contributed by atoms with Crippen LogP contribution in [-0.4, -0.2) is 59.6 Å². The number of ether oxygens (including phenoxy) is 2. The van der Waals surface area contributed by atoms with Crippen molar-refractivity contribution < 1.29 is 24.8 Å². The van der Waals surface area contributed by atoms with Crippen molar-refractivity contribution in [3.8, 4) is 0 Å². The van der Waals surface area contributed by atoms with Gasteiger partial charge in [-0.15, -0.1) is 0 Å². The number of hydrogen-bond donors (Lipinski definition) is 3. The molecule has 1 heterocycles. The van der Waals surface area contributed by atoms with E-state index in [4.69, 9.17) is 9.47 Å². The monoisotopic (exact) mass is 428 g/mol. The van der Waals surface area contributed by atoms with Gasteiger partial charge in [0.2, 0.25) is 0 Å². The first-order chi connectivity index (χ1) is 14.7. The molecule has 0 spiro atoms. The summed E-state index contributed by atoms with van der Waals surface area (Å²) in [5, 5.41) is 28.9. The Labute approximate surface area is 184 Å². The first-order valence-corrected chi connectivity index (χ1v) is 12.5. The van der Waals surface area contributed by atoms with Gasteiger partial charge in [-0.2, -0.15) is 0 Å². The molecule has 0 aromatic rings. The van der Waals surface area contributed by atoms with Gasteiger partial charge in [0, 0.05) is 6.61 Å². The molecule has 0 unspecified atom stereocenters. The van der Waals surface area contributed by atoms with E-state index in [1.807, 2.05) is 0 Å². The third-order valence-electron chi connectivity index (χ3n) is 5.94. The maximum Gasteiger partial charge on any atom is 0.111 e. The first kappa shape index (κ1) is 27.6. The molecule has 0 amide bonds. The van der Waals surface area contributed by atoms with E-state index in [-0.39, 0.29) is 13.2 Å². The molecule has 3 N–H and O–H groups in total. The van der Waals surface area contributed by atoms with Crippen LogP contribution in [0.3, 0.4) is 0 Å². The summed E-state index contributed by atoms with van der Waals surface area (Å²) in [6.45, 7) is 3.22. The van der Waals surface area contributed by atoms with Crippen molar-refractivity contribution in [2.45, 2.75) is 128 Å². The molecule has 0 aromatic heterocycles. The summed E-state index contributed by atoms with van der Waals surface area (Å²) in [6, 6.07) is 0. The van der Waals surface area contributed by atoms with Gasteiger partial charge < -0.3 is 24.8 Å². The van der Waals surface area contributed by atoms with Crippen LogP contribution < -0.4 is 0 Å². The molecule has 0 aliphatic carbocycles. The fraction of sp³-hybridized carbons (Fsp3) is 0.920. The molecule has 0 radical (unpaired) electrons. The summed E-state index contributed by atoms with van der Waals surface area (Å²) in [5.74, 6) is 0. The minimum absolute atomic E-state index is 0.0433. The van der Waals surface area contributed by atoms with Crippen molar-refractivity contribution >= 4 is 0 Å². The predicted molar refractivity (Wildman–Crippen MR) is 123 cm³/mol. The Morgan fingerprint density at radius 1 is 0.733 bits per heavy atom. The molecule has 178 valence electrons. The van der Waals surface area contributed by atoms with Crippen LogP contribution in [0.1, 0.15) is 103 Å². The molecule has 0 bridgehead atoms. The number of unbranched alkanes of at least 4 members (excludes halogenated alkanes) is 13. The largest absolute Gasteiger partial charge is 0.388 e. The summed E-state index contributed by atoms with van der Waals surface area (Å²) < 4.78 is 10.9. The zero-order chi connectivity index (χ0) is 21.9. The number of hydrogen-bond acceptors (Lipinski definition) is 5. The van der Waals surface area contributed by atoms with Crippen molar-refractivity contribution in [1.29, 1.82) is 0 Å². The van der Waals surface area contributed by atoms with Gasteiger partial charge in [0.05, 0.1) is 13.2 Å². The summed E-state index contributed by atoms with van der Waals surface area (Å²) >= 11 is 0. The molecule has 5 nitrogen and oxygen atoms in total. The third kappa shape index (κ3) is 13.8. The van der Waals surface area contributed by atoms with Gasteiger partial charge in [0.15, 0.2) is 0 Å². The number of allylic oxidation sites excluding steroid dienone is 2. The van der Waals surface area contributed by atoms with Gasteiger partial charge in [0.1, 0.15) is 24.4 Å². The van der Waals surface area contributed by atoms with Gasteiger partial charge in [0.25, 0.3) is 0 Å². The highest BCUT2D eigenvalue weighted by atomic mass is 16.6. The van der Waals surface area contributed by atoms with Gasteiger partial charge >= 0.3 is 0 Å². The van der Waals surface area contributed by atoms with Crippen LogP contribution in [0.5, 0.6) is 0 Å². The molecule has 5 heteroatoms. The summed E-state index contributed by atoms with van der Waals surface area (Å²) in [5.41, 5.74) is 0. The lowest BCUT2D eigenvalue weighted by atomic mass is 10.0. The lowest BCUT2D eigenvalue weighted by Crippen LogP contribution is -2.54. The lowest BCUT2D eigenvalue weighted by molar-refractivity contribution is -0.199. The maximum absolute atomic E-state index is 9.84. The first-order valence-electron chi connectivity index (χ1n) is 12.5. The van der Waals surface area contributed by atoms with Crippen LogP contribution in [0.2, 0.25) is 0 Å². The average Bonchev–Trinajstić information content (AvgIpc) is 2.75. The summed E-state index contributed by atoms with van der Waals surface area (Å²) in [7, 11) is 0. The Morgan fingerprint density at radius 2 is 1.27 bits per heavy atom. The maximum atomic E-state index is 9.84. The van der Waals surface area contributed by atoms with E-state index >= 15 is 0 Å². The number of aliphatic hydroxyl groups excluding tert-OH is 3. The number of rotatable bonds is 19. The zero-order valence-electron chi connectivity index (χ0n) is 19.4. The standard InChI is InChI=1S/C25H48O5/c1-2-3-4-5-6-7-8-9-10-11-12-13-14-15-16-17-18-19-29-21-23-25(28)24(27)22(26)20-30-23/h8-9,22-28H,2-7,10-21H2,1H3/b9-8+/t22-,23+,24+,25+/m1/s1. The molecule has 1 rings (SSSR count). The number of aliphatic hydroxyl groups is 3. The molecule has 1 saturated heterocycles. The topological polar surface area (TPSA) is 79.2 Å². The quantitative estimate of drug-likeness (QED) is 0.201. The molecule has 1 fully saturated rings. The molecule has 1 aliphatic heterocycles. The second-order valence-electron chi connectivity index (χ2n) is 8.79. The highest BCUT2D eigenvalue weighted by Crippen LogP contribution is 2.16. The van der Waals surface area contributed by atoms with Gasteiger partial charge in [-0.25, -0.2) is 0 Å². The highest BCUT2D eigenvalue weighted by Gasteiger charge is 2.37. The fourth-order valence-corrected chi connectivity index (χ4v) is 3.84. The van der Waals surface area contributed by atoms with Crippen LogP contribution in [0.4, 0.5) is 0 Å². The van der Waals surface area contributed by atoms with Crippen LogP contribution in [-0.2, 0) is 9.47 Å². The fourth-order valence-electron chi connectivity index (χ4n) is 3.84. The Hall–Kier alpha value is -0.460. The Kier molecular flexibility index (Phi) is 17.7. The SMILES string of the molecule is CCCCCCC/C=C/CCCCCCCCCCOC[C@@H]1OC[C@@H](O)[C@H](O)[C@H]1O. The van der Waals surface area contributed by atoms with Gasteiger partial charge in [-0.1, -0.05) is 83.3 Å². The van der Waals surface area contributed by atoms with Crippen molar-refractivity contribution in [3.63, 3.8) is 0 Å². The molecule has 1 aliphatic rings. The molecular weight excluding hydrogens is 380 g/mol.